The first-order valence-electron chi connectivity index (χ1n) is 4.63. The van der Waals surface area contributed by atoms with Crippen molar-refractivity contribution >= 4 is 6.01 Å². The second-order valence-corrected chi connectivity index (χ2v) is 3.83. The van der Waals surface area contributed by atoms with Crippen molar-refractivity contribution in [3.05, 3.63) is 5.82 Å². The largest absolute Gasteiger partial charge is 0.333 e. The quantitative estimate of drug-likeness (QED) is 0.678. The third-order valence-corrected chi connectivity index (χ3v) is 2.96. The lowest BCUT2D eigenvalue weighted by Crippen LogP contribution is -2.47. The maximum atomic E-state index is 5.00. The van der Waals surface area contributed by atoms with Crippen LogP contribution >= 0.6 is 0 Å². The Kier molecular flexibility index (Phi) is 1.38. The zero-order valence-electron chi connectivity index (χ0n) is 7.45. The van der Waals surface area contributed by atoms with Crippen molar-refractivity contribution < 1.29 is 4.52 Å². The van der Waals surface area contributed by atoms with Crippen LogP contribution in [0.15, 0.2) is 4.52 Å². The molecule has 1 aromatic rings. The third-order valence-electron chi connectivity index (χ3n) is 2.96. The minimum atomic E-state index is 0.500. The standard InChI is InChI=1S/C8H12N4O/c1-4-10-8(13-12-4)11-7-5-2-6(7)9-3-5/h5-7,9H,2-3H2,1H3,(H,10,11,12). The van der Waals surface area contributed by atoms with Crippen molar-refractivity contribution in [1.82, 2.24) is 15.5 Å². The van der Waals surface area contributed by atoms with Gasteiger partial charge in [-0.25, -0.2) is 0 Å². The smallest absolute Gasteiger partial charge is 0.321 e. The van der Waals surface area contributed by atoms with Crippen molar-refractivity contribution in [2.45, 2.75) is 25.4 Å². The van der Waals surface area contributed by atoms with Gasteiger partial charge in [-0.3, -0.25) is 0 Å². The van der Waals surface area contributed by atoms with E-state index in [4.69, 9.17) is 4.52 Å². The summed E-state index contributed by atoms with van der Waals surface area (Å²) in [7, 11) is 0. The van der Waals surface area contributed by atoms with Crippen LogP contribution in [0.5, 0.6) is 0 Å². The van der Waals surface area contributed by atoms with Gasteiger partial charge >= 0.3 is 6.01 Å². The Morgan fingerprint density at radius 1 is 1.62 bits per heavy atom. The van der Waals surface area contributed by atoms with Gasteiger partial charge in [0.2, 0.25) is 0 Å². The van der Waals surface area contributed by atoms with E-state index >= 15 is 0 Å². The number of hydrogen-bond donors (Lipinski definition) is 2. The molecule has 0 amide bonds. The lowest BCUT2D eigenvalue weighted by molar-refractivity contribution is 0.314. The van der Waals surface area contributed by atoms with Gasteiger partial charge in [0.05, 0.1) is 0 Å². The lowest BCUT2D eigenvalue weighted by Gasteiger charge is -2.34. The van der Waals surface area contributed by atoms with Gasteiger partial charge in [-0.1, -0.05) is 5.16 Å². The summed E-state index contributed by atoms with van der Waals surface area (Å²) in [5.41, 5.74) is 0. The molecule has 1 saturated carbocycles. The molecule has 2 aliphatic heterocycles. The van der Waals surface area contributed by atoms with Gasteiger partial charge in [-0.05, 0) is 19.3 Å². The number of hydrogen-bond acceptors (Lipinski definition) is 5. The number of aryl methyl sites for hydroxylation is 1. The summed E-state index contributed by atoms with van der Waals surface area (Å²) >= 11 is 0. The SMILES string of the molecule is Cc1noc(NC2C3CNC2C3)n1. The Labute approximate surface area is 75.9 Å². The number of anilines is 1. The van der Waals surface area contributed by atoms with E-state index in [9.17, 15) is 0 Å². The lowest BCUT2D eigenvalue weighted by atomic mass is 9.80. The summed E-state index contributed by atoms with van der Waals surface area (Å²) in [6.45, 7) is 2.94. The molecule has 3 aliphatic rings. The Morgan fingerprint density at radius 2 is 2.54 bits per heavy atom. The molecule has 13 heavy (non-hydrogen) atoms. The summed E-state index contributed by atoms with van der Waals surface area (Å²) in [5.74, 6) is 1.43. The summed E-state index contributed by atoms with van der Waals surface area (Å²) in [6, 6.07) is 1.66. The van der Waals surface area contributed by atoms with E-state index in [-0.39, 0.29) is 0 Å². The van der Waals surface area contributed by atoms with E-state index in [1.165, 1.54) is 6.42 Å². The third kappa shape index (κ3) is 1.03. The summed E-state index contributed by atoms with van der Waals surface area (Å²) < 4.78 is 5.00. The Hall–Kier alpha value is -1.10. The van der Waals surface area contributed by atoms with Crippen molar-refractivity contribution in [2.75, 3.05) is 11.9 Å². The number of aromatic nitrogens is 2. The topological polar surface area (TPSA) is 63.0 Å². The minimum Gasteiger partial charge on any atom is -0.333 e. The van der Waals surface area contributed by atoms with Crippen LogP contribution in [0.3, 0.4) is 0 Å². The molecule has 2 N–H and O–H groups in total. The van der Waals surface area contributed by atoms with E-state index in [0.717, 1.165) is 12.5 Å². The number of nitrogens with zero attached hydrogens (tertiary/aromatic N) is 2. The summed E-state index contributed by atoms with van der Waals surface area (Å²) in [6.07, 6.45) is 1.28. The molecular formula is C8H12N4O. The maximum Gasteiger partial charge on any atom is 0.321 e. The molecule has 3 unspecified atom stereocenters. The molecule has 0 spiro atoms. The van der Waals surface area contributed by atoms with Gasteiger partial charge in [0, 0.05) is 18.6 Å². The summed E-state index contributed by atoms with van der Waals surface area (Å²) in [5, 5.41) is 10.4. The van der Waals surface area contributed by atoms with Gasteiger partial charge < -0.3 is 15.2 Å². The fourth-order valence-corrected chi connectivity index (χ4v) is 2.19. The van der Waals surface area contributed by atoms with Crippen LogP contribution in [0.4, 0.5) is 6.01 Å². The molecule has 2 bridgehead atoms. The Balaban J connectivity index is 1.70. The molecular weight excluding hydrogens is 168 g/mol. The fraction of sp³-hybridized carbons (Fsp3) is 0.750. The van der Waals surface area contributed by atoms with Crippen molar-refractivity contribution in [1.29, 1.82) is 0 Å². The van der Waals surface area contributed by atoms with E-state index in [2.05, 4.69) is 20.8 Å². The zero-order valence-corrected chi connectivity index (χ0v) is 7.45. The van der Waals surface area contributed by atoms with E-state index in [1.807, 2.05) is 6.92 Å². The molecule has 5 heteroatoms. The van der Waals surface area contributed by atoms with E-state index < -0.39 is 0 Å². The molecule has 0 aromatic carbocycles. The van der Waals surface area contributed by atoms with Crippen molar-refractivity contribution in [3.63, 3.8) is 0 Å². The molecule has 1 aromatic heterocycles. The Morgan fingerprint density at radius 3 is 3.08 bits per heavy atom. The Bertz CT molecular complexity index is 310. The van der Waals surface area contributed by atoms with Gasteiger partial charge in [0.15, 0.2) is 5.82 Å². The first-order valence-corrected chi connectivity index (χ1v) is 4.63. The van der Waals surface area contributed by atoms with Crippen LogP contribution in [-0.4, -0.2) is 28.8 Å². The van der Waals surface area contributed by atoms with Gasteiger partial charge in [0.25, 0.3) is 0 Å². The molecule has 2 saturated heterocycles. The van der Waals surface area contributed by atoms with Crippen LogP contribution in [0.25, 0.3) is 0 Å². The van der Waals surface area contributed by atoms with E-state index in [1.54, 1.807) is 0 Å². The van der Waals surface area contributed by atoms with Crippen LogP contribution in [0, 0.1) is 12.8 Å². The molecule has 70 valence electrons. The molecule has 5 nitrogen and oxygen atoms in total. The molecule has 1 aliphatic carbocycles. The fourth-order valence-electron chi connectivity index (χ4n) is 2.19. The van der Waals surface area contributed by atoms with Crippen molar-refractivity contribution in [2.24, 2.45) is 5.92 Å². The predicted molar refractivity (Wildman–Crippen MR) is 46.3 cm³/mol. The van der Waals surface area contributed by atoms with Crippen LogP contribution < -0.4 is 10.6 Å². The van der Waals surface area contributed by atoms with Crippen LogP contribution in [-0.2, 0) is 0 Å². The maximum absolute atomic E-state index is 5.00. The zero-order chi connectivity index (χ0) is 8.84. The second-order valence-electron chi connectivity index (χ2n) is 3.83. The molecule has 4 rings (SSSR count). The number of fused-ring (bicyclic) bond motifs is 1. The number of rotatable bonds is 2. The average molecular weight is 180 g/mol. The molecule has 3 atom stereocenters. The minimum absolute atomic E-state index is 0.500. The highest BCUT2D eigenvalue weighted by Gasteiger charge is 2.47. The van der Waals surface area contributed by atoms with E-state index in [0.29, 0.717) is 23.9 Å². The normalized spacial score (nSPS) is 35.9. The second kappa shape index (κ2) is 2.45. The first kappa shape index (κ1) is 7.32. The highest BCUT2D eigenvalue weighted by molar-refractivity contribution is 5.27. The molecule has 3 fully saturated rings. The van der Waals surface area contributed by atoms with Crippen LogP contribution in [0.1, 0.15) is 12.2 Å². The van der Waals surface area contributed by atoms with Gasteiger partial charge in [-0.2, -0.15) is 4.98 Å². The average Bonchev–Trinajstić information content (AvgIpc) is 2.73. The summed E-state index contributed by atoms with van der Waals surface area (Å²) in [4.78, 5) is 4.11. The van der Waals surface area contributed by atoms with Crippen molar-refractivity contribution in [3.8, 4) is 0 Å². The highest BCUT2D eigenvalue weighted by atomic mass is 16.5. The molecule has 3 heterocycles. The molecule has 0 radical (unpaired) electrons. The predicted octanol–water partition coefficient (Wildman–Crippen LogP) is 0.150. The first-order chi connectivity index (χ1) is 6.33. The van der Waals surface area contributed by atoms with Gasteiger partial charge in [-0.15, -0.1) is 0 Å². The monoisotopic (exact) mass is 180 g/mol. The van der Waals surface area contributed by atoms with Gasteiger partial charge in [0.1, 0.15) is 0 Å². The van der Waals surface area contributed by atoms with Crippen LogP contribution in [0.2, 0.25) is 0 Å². The highest BCUT2D eigenvalue weighted by Crippen LogP contribution is 2.35. The number of nitrogens with one attached hydrogen (secondary N) is 2.